The van der Waals surface area contributed by atoms with Crippen LogP contribution in [0.15, 0.2) is 60.9 Å². The Bertz CT molecular complexity index is 1330. The van der Waals surface area contributed by atoms with Gasteiger partial charge in [0.15, 0.2) is 5.65 Å². The van der Waals surface area contributed by atoms with Crippen molar-refractivity contribution in [1.29, 1.82) is 0 Å². The molecule has 0 aliphatic heterocycles. The number of benzene rings is 2. The van der Waals surface area contributed by atoms with Crippen molar-refractivity contribution in [2.75, 3.05) is 16.3 Å². The second kappa shape index (κ2) is 7.10. The van der Waals surface area contributed by atoms with Gasteiger partial charge in [-0.25, -0.2) is 18.1 Å². The molecule has 4 aromatic rings. The van der Waals surface area contributed by atoms with Crippen molar-refractivity contribution >= 4 is 38.4 Å². The average molecular weight is 420 g/mol. The van der Waals surface area contributed by atoms with Crippen LogP contribution in [0.4, 0.5) is 17.3 Å². The zero-order chi connectivity index (χ0) is 20.7. The van der Waals surface area contributed by atoms with E-state index in [9.17, 15) is 8.42 Å². The monoisotopic (exact) mass is 420 g/mol. The lowest BCUT2D eigenvalue weighted by molar-refractivity contribution is 0.533. The van der Waals surface area contributed by atoms with Crippen LogP contribution in [0, 0.1) is 0 Å². The fourth-order valence-corrected chi connectivity index (χ4v) is 4.44. The van der Waals surface area contributed by atoms with Crippen LogP contribution in [0.1, 0.15) is 23.6 Å². The van der Waals surface area contributed by atoms with Crippen molar-refractivity contribution < 1.29 is 8.42 Å². The molecule has 0 unspecified atom stereocenters. The molecule has 5 rings (SSSR count). The van der Waals surface area contributed by atoms with Gasteiger partial charge >= 0.3 is 0 Å². The number of aromatic nitrogens is 4. The van der Waals surface area contributed by atoms with E-state index in [1.165, 1.54) is 11.1 Å². The smallest absolute Gasteiger partial charge is 0.229 e. The van der Waals surface area contributed by atoms with E-state index < -0.39 is 10.0 Å². The van der Waals surface area contributed by atoms with Gasteiger partial charge in [-0.2, -0.15) is 10.1 Å². The Morgan fingerprint density at radius 1 is 1.03 bits per heavy atom. The molecule has 2 aromatic heterocycles. The molecule has 0 saturated carbocycles. The Kier molecular flexibility index (Phi) is 4.39. The lowest BCUT2D eigenvalue weighted by Crippen LogP contribution is -2.10. The summed E-state index contributed by atoms with van der Waals surface area (Å²) in [4.78, 5) is 9.08. The van der Waals surface area contributed by atoms with E-state index in [1.807, 2.05) is 4.68 Å². The molecule has 0 spiro atoms. The molecule has 2 N–H and O–H groups in total. The Labute approximate surface area is 174 Å². The molecule has 1 aliphatic carbocycles. The fourth-order valence-electron chi connectivity index (χ4n) is 3.88. The van der Waals surface area contributed by atoms with Crippen molar-refractivity contribution in [2.24, 2.45) is 0 Å². The Balaban J connectivity index is 1.42. The predicted octanol–water partition coefficient (Wildman–Crippen LogP) is 3.48. The van der Waals surface area contributed by atoms with Gasteiger partial charge < -0.3 is 5.32 Å². The van der Waals surface area contributed by atoms with Crippen molar-refractivity contribution in [3.63, 3.8) is 0 Å². The molecule has 8 nitrogen and oxygen atoms in total. The van der Waals surface area contributed by atoms with Gasteiger partial charge in [0.25, 0.3) is 0 Å². The third-order valence-corrected chi connectivity index (χ3v) is 5.78. The van der Waals surface area contributed by atoms with Gasteiger partial charge in [-0.05, 0) is 48.2 Å². The molecule has 0 amide bonds. The van der Waals surface area contributed by atoms with Gasteiger partial charge in [0.05, 0.1) is 23.9 Å². The maximum absolute atomic E-state index is 11.3. The molecule has 1 aliphatic rings. The van der Waals surface area contributed by atoms with Gasteiger partial charge in [0, 0.05) is 17.6 Å². The zero-order valence-electron chi connectivity index (χ0n) is 16.3. The first-order valence-corrected chi connectivity index (χ1v) is 11.5. The number of sulfonamides is 1. The van der Waals surface area contributed by atoms with Gasteiger partial charge in [-0.3, -0.25) is 4.72 Å². The Morgan fingerprint density at radius 3 is 2.60 bits per heavy atom. The minimum atomic E-state index is -3.31. The summed E-state index contributed by atoms with van der Waals surface area (Å²) in [5.74, 6) is 0.458. The van der Waals surface area contributed by atoms with Crippen molar-refractivity contribution in [3.05, 3.63) is 72.1 Å². The first-order chi connectivity index (χ1) is 14.5. The van der Waals surface area contributed by atoms with Crippen LogP contribution >= 0.6 is 0 Å². The number of rotatable bonds is 5. The molecule has 30 heavy (non-hydrogen) atoms. The van der Waals surface area contributed by atoms with E-state index in [1.54, 1.807) is 36.7 Å². The number of nitrogens with zero attached hydrogens (tertiary/aromatic N) is 4. The molecule has 2 heterocycles. The van der Waals surface area contributed by atoms with Crippen LogP contribution in [-0.4, -0.2) is 34.4 Å². The van der Waals surface area contributed by atoms with Crippen LogP contribution in [0.25, 0.3) is 11.0 Å². The van der Waals surface area contributed by atoms with Crippen LogP contribution in [0.5, 0.6) is 0 Å². The third-order valence-electron chi connectivity index (χ3n) is 5.17. The summed E-state index contributed by atoms with van der Waals surface area (Å²) < 4.78 is 27.1. The number of anilines is 3. The average Bonchev–Trinajstić information content (AvgIpc) is 3.32. The number of nitrogens with one attached hydrogen (secondary N) is 2. The van der Waals surface area contributed by atoms with E-state index in [0.717, 1.165) is 35.8 Å². The molecular weight excluding hydrogens is 400 g/mol. The Morgan fingerprint density at radius 2 is 1.80 bits per heavy atom. The topological polar surface area (TPSA) is 102 Å². The lowest BCUT2D eigenvalue weighted by atomic mass is 10.1. The number of hydrogen-bond donors (Lipinski definition) is 2. The Hall–Kier alpha value is -3.46. The van der Waals surface area contributed by atoms with Gasteiger partial charge in [-0.1, -0.05) is 24.3 Å². The quantitative estimate of drug-likeness (QED) is 0.513. The summed E-state index contributed by atoms with van der Waals surface area (Å²) >= 11 is 0. The maximum atomic E-state index is 11.3. The van der Waals surface area contributed by atoms with Crippen molar-refractivity contribution in [3.8, 4) is 0 Å². The van der Waals surface area contributed by atoms with Crippen LogP contribution in [0.3, 0.4) is 0 Å². The molecule has 0 bridgehead atoms. The third kappa shape index (κ3) is 3.59. The molecule has 1 atom stereocenters. The predicted molar refractivity (Wildman–Crippen MR) is 116 cm³/mol. The summed E-state index contributed by atoms with van der Waals surface area (Å²) in [5, 5.41) is 8.65. The molecule has 2 aromatic carbocycles. The van der Waals surface area contributed by atoms with Crippen LogP contribution < -0.4 is 10.0 Å². The number of fused-ring (bicyclic) bond motifs is 2. The molecular formula is C21H20N6O2S. The number of aryl methyl sites for hydroxylation is 1. The molecule has 9 heteroatoms. The molecule has 0 radical (unpaired) electrons. The normalized spacial score (nSPS) is 15.8. The standard InChI is InChI=1S/C21H20N6O2S/c1-30(28,29)26-17-9-7-16(8-10-17)24-21-22-12-15-13-23-27(20(15)25-21)19-11-6-14-4-2-3-5-18(14)19/h2-5,7-10,12-13,19,26H,6,11H2,1H3,(H,22,24,25)/t19-/m0/s1. The summed E-state index contributed by atoms with van der Waals surface area (Å²) in [6.45, 7) is 0. The lowest BCUT2D eigenvalue weighted by Gasteiger charge is -2.13. The first kappa shape index (κ1) is 18.6. The molecule has 152 valence electrons. The minimum Gasteiger partial charge on any atom is -0.324 e. The minimum absolute atomic E-state index is 0.169. The largest absolute Gasteiger partial charge is 0.324 e. The number of hydrogen-bond acceptors (Lipinski definition) is 6. The van der Waals surface area contributed by atoms with E-state index in [4.69, 9.17) is 4.98 Å². The summed E-state index contributed by atoms with van der Waals surface area (Å²) in [5.41, 5.74) is 4.69. The highest BCUT2D eigenvalue weighted by Gasteiger charge is 2.26. The van der Waals surface area contributed by atoms with Crippen LogP contribution in [-0.2, 0) is 16.4 Å². The van der Waals surface area contributed by atoms with E-state index in [-0.39, 0.29) is 6.04 Å². The summed E-state index contributed by atoms with van der Waals surface area (Å²) in [7, 11) is -3.31. The fraction of sp³-hybridized carbons (Fsp3) is 0.190. The van der Waals surface area contributed by atoms with Crippen molar-refractivity contribution in [1.82, 2.24) is 19.7 Å². The SMILES string of the molecule is CS(=O)(=O)Nc1ccc(Nc2ncc3cnn([C@H]4CCc5ccccc54)c3n2)cc1. The molecule has 0 saturated heterocycles. The van der Waals surface area contributed by atoms with E-state index >= 15 is 0 Å². The van der Waals surface area contributed by atoms with Gasteiger partial charge in [-0.15, -0.1) is 0 Å². The van der Waals surface area contributed by atoms with Crippen molar-refractivity contribution in [2.45, 2.75) is 18.9 Å². The van der Waals surface area contributed by atoms with E-state index in [2.05, 4.69) is 44.4 Å². The highest BCUT2D eigenvalue weighted by Crippen LogP contribution is 2.35. The maximum Gasteiger partial charge on any atom is 0.229 e. The van der Waals surface area contributed by atoms with E-state index in [0.29, 0.717) is 11.6 Å². The second-order valence-corrected chi connectivity index (χ2v) is 9.14. The zero-order valence-corrected chi connectivity index (χ0v) is 17.1. The second-order valence-electron chi connectivity index (χ2n) is 7.39. The summed E-state index contributed by atoms with van der Waals surface area (Å²) in [6.07, 6.45) is 6.71. The van der Waals surface area contributed by atoms with Crippen LogP contribution in [0.2, 0.25) is 0 Å². The molecule has 0 fully saturated rings. The van der Waals surface area contributed by atoms with Gasteiger partial charge in [0.2, 0.25) is 16.0 Å². The van der Waals surface area contributed by atoms with Gasteiger partial charge in [0.1, 0.15) is 0 Å². The first-order valence-electron chi connectivity index (χ1n) is 9.59. The summed E-state index contributed by atoms with van der Waals surface area (Å²) in [6, 6.07) is 15.5. The highest BCUT2D eigenvalue weighted by molar-refractivity contribution is 7.92. The highest BCUT2D eigenvalue weighted by atomic mass is 32.2.